The number of fused-ring (bicyclic) bond motifs is 2. The number of amides is 1. The molecule has 1 amide bonds. The Morgan fingerprint density at radius 3 is 1.65 bits per heavy atom. The van der Waals surface area contributed by atoms with E-state index in [1.165, 1.54) is 14.2 Å². The number of rotatable bonds is 8. The molecule has 0 aliphatic rings. The third-order valence-electron chi connectivity index (χ3n) is 8.69. The normalized spacial score (nSPS) is 10.9. The zero-order valence-corrected chi connectivity index (χ0v) is 33.0. The van der Waals surface area contributed by atoms with Crippen molar-refractivity contribution in [2.24, 2.45) is 0 Å². The number of aromatic nitrogens is 5. The first-order valence-electron chi connectivity index (χ1n) is 16.7. The Morgan fingerprint density at radius 1 is 0.648 bits per heavy atom. The van der Waals surface area contributed by atoms with Crippen molar-refractivity contribution >= 4 is 65.4 Å². The van der Waals surface area contributed by atoms with E-state index in [1.54, 1.807) is 55.7 Å². The fourth-order valence-corrected chi connectivity index (χ4v) is 6.78. The summed E-state index contributed by atoms with van der Waals surface area (Å²) in [7, 11) is 2.85. The number of pyridine rings is 5. The van der Waals surface area contributed by atoms with Gasteiger partial charge >= 0.3 is 0 Å². The van der Waals surface area contributed by atoms with Crippen LogP contribution in [-0.2, 0) is 17.9 Å². The number of halogens is 2. The van der Waals surface area contributed by atoms with Gasteiger partial charge in [-0.05, 0) is 106 Å². The summed E-state index contributed by atoms with van der Waals surface area (Å²) < 4.78 is 5.21. The second-order valence-corrected chi connectivity index (χ2v) is 14.0. The van der Waals surface area contributed by atoms with Gasteiger partial charge in [0.25, 0.3) is 5.91 Å². The molecular formula is C41H34Br2N6O5. The third kappa shape index (κ3) is 8.28. The summed E-state index contributed by atoms with van der Waals surface area (Å²) in [6.07, 6.45) is 3.19. The molecule has 2 aromatic carbocycles. The highest BCUT2D eigenvalue weighted by molar-refractivity contribution is 9.10. The molecule has 54 heavy (non-hydrogen) atoms. The van der Waals surface area contributed by atoms with Crippen molar-refractivity contribution in [3.63, 3.8) is 0 Å². The largest absolute Gasteiger partial charge is 0.340 e. The lowest BCUT2D eigenvalue weighted by molar-refractivity contribution is -0.0758. The van der Waals surface area contributed by atoms with Gasteiger partial charge in [0.1, 0.15) is 14.8 Å². The summed E-state index contributed by atoms with van der Waals surface area (Å²) in [5.74, 6) is -0.809. The molecule has 0 aliphatic heterocycles. The van der Waals surface area contributed by atoms with Crippen molar-refractivity contribution in [2.75, 3.05) is 14.2 Å². The van der Waals surface area contributed by atoms with Crippen LogP contribution < -0.4 is 10.9 Å². The zero-order valence-electron chi connectivity index (χ0n) is 29.8. The number of nitrogens with zero attached hydrogens (tertiary/aromatic N) is 6. The van der Waals surface area contributed by atoms with Crippen LogP contribution in [0.2, 0.25) is 0 Å². The van der Waals surface area contributed by atoms with Crippen molar-refractivity contribution in [3.8, 4) is 0 Å². The van der Waals surface area contributed by atoms with Gasteiger partial charge in [-0.25, -0.2) is 15.0 Å². The van der Waals surface area contributed by atoms with E-state index in [-0.39, 0.29) is 27.8 Å². The number of hydrogen-bond acceptors (Lipinski definition) is 8. The van der Waals surface area contributed by atoms with E-state index < -0.39 is 5.91 Å². The van der Waals surface area contributed by atoms with Crippen LogP contribution in [0.3, 0.4) is 0 Å². The SMILES string of the molecule is CON(C)C(=O)c1cn(Cc2cccc(Br)n2)c2ccccc2c1=O.Cc1ccc(C(=O)c2cn(Cc3cccc(Br)n3)c3ccccc3c2=O)c(C)n1. The lowest BCUT2D eigenvalue weighted by Gasteiger charge is -2.16. The van der Waals surface area contributed by atoms with Gasteiger partial charge in [-0.15, -0.1) is 0 Å². The molecule has 0 radical (unpaired) electrons. The molecule has 0 spiro atoms. The highest BCUT2D eigenvalue weighted by atomic mass is 79.9. The highest BCUT2D eigenvalue weighted by Crippen LogP contribution is 2.19. The van der Waals surface area contributed by atoms with E-state index in [0.29, 0.717) is 35.1 Å². The molecule has 0 fully saturated rings. The maximum Gasteiger partial charge on any atom is 0.282 e. The number of carbonyl (C=O) groups excluding carboxylic acids is 2. The maximum atomic E-state index is 13.2. The Morgan fingerprint density at radius 2 is 1.15 bits per heavy atom. The monoisotopic (exact) mass is 848 g/mol. The molecule has 0 aliphatic carbocycles. The Balaban J connectivity index is 0.000000186. The highest BCUT2D eigenvalue weighted by Gasteiger charge is 2.21. The predicted octanol–water partition coefficient (Wildman–Crippen LogP) is 7.29. The second-order valence-electron chi connectivity index (χ2n) is 12.3. The third-order valence-corrected chi connectivity index (χ3v) is 9.57. The topological polar surface area (TPSA) is 129 Å². The summed E-state index contributed by atoms with van der Waals surface area (Å²) in [6, 6.07) is 29.3. The lowest BCUT2D eigenvalue weighted by atomic mass is 10.0. The van der Waals surface area contributed by atoms with Gasteiger partial charge in [-0.1, -0.05) is 36.4 Å². The van der Waals surface area contributed by atoms with Crippen LogP contribution in [0.25, 0.3) is 21.8 Å². The van der Waals surface area contributed by atoms with Crippen molar-refractivity contribution in [1.82, 2.24) is 29.1 Å². The van der Waals surface area contributed by atoms with Crippen LogP contribution >= 0.6 is 31.9 Å². The summed E-state index contributed by atoms with van der Waals surface area (Å²) >= 11 is 6.74. The number of ketones is 1. The van der Waals surface area contributed by atoms with E-state index in [2.05, 4.69) is 46.8 Å². The molecule has 0 saturated carbocycles. The molecule has 0 N–H and O–H groups in total. The quantitative estimate of drug-likeness (QED) is 0.0887. The van der Waals surface area contributed by atoms with Gasteiger partial charge in [0, 0.05) is 47.2 Å². The molecule has 11 nitrogen and oxygen atoms in total. The Labute approximate surface area is 327 Å². The number of hydrogen-bond donors (Lipinski definition) is 0. The Hall–Kier alpha value is -5.63. The molecule has 272 valence electrons. The van der Waals surface area contributed by atoms with Crippen LogP contribution in [-0.4, -0.2) is 55.0 Å². The van der Waals surface area contributed by atoms with Gasteiger partial charge in [0.2, 0.25) is 10.9 Å². The molecule has 7 rings (SSSR count). The van der Waals surface area contributed by atoms with Crippen LogP contribution in [0.15, 0.2) is 128 Å². The fraction of sp³-hybridized carbons (Fsp3) is 0.146. The molecule has 5 aromatic heterocycles. The average Bonchev–Trinajstić information content (AvgIpc) is 3.16. The maximum absolute atomic E-state index is 13.2. The minimum atomic E-state index is -0.491. The molecular weight excluding hydrogens is 816 g/mol. The van der Waals surface area contributed by atoms with Crippen molar-refractivity contribution in [3.05, 3.63) is 179 Å². The van der Waals surface area contributed by atoms with E-state index in [0.717, 1.165) is 42.4 Å². The van der Waals surface area contributed by atoms with E-state index in [9.17, 15) is 19.2 Å². The van der Waals surface area contributed by atoms with Crippen LogP contribution in [0, 0.1) is 13.8 Å². The average molecular weight is 851 g/mol. The molecule has 0 atom stereocenters. The van der Waals surface area contributed by atoms with Crippen LogP contribution in [0.5, 0.6) is 0 Å². The first-order valence-corrected chi connectivity index (χ1v) is 18.3. The number of para-hydroxylation sites is 2. The summed E-state index contributed by atoms with van der Waals surface area (Å²) in [5, 5.41) is 2.02. The predicted molar refractivity (Wildman–Crippen MR) is 215 cm³/mol. The Kier molecular flexibility index (Phi) is 11.7. The molecule has 5 heterocycles. The second kappa shape index (κ2) is 16.6. The molecule has 0 saturated heterocycles. The molecule has 13 heteroatoms. The number of hydroxylamine groups is 2. The lowest BCUT2D eigenvalue weighted by Crippen LogP contribution is -2.31. The standard InChI is InChI=1S/C23H18BrN3O2.C18H16BrN3O3/c1-14-10-11-17(15(2)25-14)22(28)19-13-27(12-16-6-5-9-21(24)26-16)20-8-4-3-7-18(20)23(19)29;1-21(25-2)18(24)14-11-22(10-12-6-5-9-16(19)20-12)15-8-4-3-7-13(15)17(14)23/h3-11,13H,12H2,1-2H3;3-9,11H,10H2,1-2H3. The zero-order chi connectivity index (χ0) is 38.5. The van der Waals surface area contributed by atoms with Gasteiger partial charge in [-0.3, -0.25) is 29.0 Å². The minimum Gasteiger partial charge on any atom is -0.340 e. The number of benzene rings is 2. The van der Waals surface area contributed by atoms with E-state index in [4.69, 9.17) is 4.84 Å². The summed E-state index contributed by atoms with van der Waals surface area (Å²) in [6.45, 7) is 4.52. The Bertz CT molecular complexity index is 2680. The van der Waals surface area contributed by atoms with Gasteiger partial charge < -0.3 is 9.13 Å². The molecule has 0 bridgehead atoms. The van der Waals surface area contributed by atoms with Gasteiger partial charge in [0.05, 0.1) is 48.2 Å². The molecule has 7 aromatic rings. The van der Waals surface area contributed by atoms with E-state index >= 15 is 0 Å². The smallest absolute Gasteiger partial charge is 0.282 e. The van der Waals surface area contributed by atoms with Gasteiger partial charge in [-0.2, -0.15) is 0 Å². The number of aryl methyl sites for hydroxylation is 2. The van der Waals surface area contributed by atoms with Crippen LogP contribution in [0.4, 0.5) is 0 Å². The molecule has 0 unspecified atom stereocenters. The first kappa shape index (κ1) is 38.1. The minimum absolute atomic E-state index is 0.0537. The fourth-order valence-electron chi connectivity index (χ4n) is 6.02. The van der Waals surface area contributed by atoms with E-state index in [1.807, 2.05) is 76.7 Å². The van der Waals surface area contributed by atoms with Gasteiger partial charge in [0.15, 0.2) is 5.78 Å². The van der Waals surface area contributed by atoms with Crippen molar-refractivity contribution in [1.29, 1.82) is 0 Å². The number of carbonyl (C=O) groups is 2. The summed E-state index contributed by atoms with van der Waals surface area (Å²) in [4.78, 5) is 69.7. The van der Waals surface area contributed by atoms with Crippen LogP contribution in [0.1, 0.15) is 49.1 Å². The van der Waals surface area contributed by atoms with Crippen molar-refractivity contribution < 1.29 is 14.4 Å². The first-order chi connectivity index (χ1) is 25.9. The van der Waals surface area contributed by atoms with Crippen molar-refractivity contribution in [2.45, 2.75) is 26.9 Å². The summed E-state index contributed by atoms with van der Waals surface area (Å²) in [5.41, 5.74) is 4.60.